The summed E-state index contributed by atoms with van der Waals surface area (Å²) in [4.78, 5) is 31.0. The van der Waals surface area contributed by atoms with E-state index < -0.39 is 17.9 Å². The van der Waals surface area contributed by atoms with Crippen molar-refractivity contribution in [2.45, 2.75) is 329 Å². The van der Waals surface area contributed by atoms with Gasteiger partial charge in [0.1, 0.15) is 0 Å². The maximum atomic E-state index is 10.3. The Balaban J connectivity index is -0.00000000831. The van der Waals surface area contributed by atoms with Gasteiger partial charge in [-0.25, -0.2) is 0 Å². The summed E-state index contributed by atoms with van der Waals surface area (Å²) in [6.45, 7) is 6.81. The first-order valence-electron chi connectivity index (χ1n) is 27.0. The van der Waals surface area contributed by atoms with Crippen LogP contribution in [-0.2, 0) is 14.4 Å². The van der Waals surface area contributed by atoms with Crippen LogP contribution < -0.4 is 0 Å². The number of hydrogen-bond acceptors (Lipinski definition) is 3. The molecule has 3 N–H and O–H groups in total. The van der Waals surface area contributed by atoms with Crippen LogP contribution in [-0.4, -0.2) is 379 Å². The molecule has 0 bridgehead atoms. The zero-order chi connectivity index (χ0) is 44.7. The second kappa shape index (κ2) is 129. The maximum absolute atomic E-state index is 10.3. The van der Waals surface area contributed by atoms with Crippen LogP contribution in [0.2, 0.25) is 0 Å². The van der Waals surface area contributed by atoms with Crippen LogP contribution in [0.1, 0.15) is 372 Å². The van der Waals surface area contributed by atoms with Gasteiger partial charge in [0.25, 0.3) is 0 Å². The molecule has 0 saturated heterocycles. The standard InChI is InChI=1S/3C18H36O2.15Mg.30H/c3*1-2-3-4-5-6-7-8-9-10-11-12-13-14-15-16-17-18(19)20;;;;;;;;;;;;;;;;;;;;;;;;;;;;;;;;;;;;;;;;;;;;;/h3*2-17H2,1H3,(H,19,20);;;;;;;;;;;;;;;;;;;;;;;;;;;;;;;;;;;;;;;;;;;;;/q;;;15*+2;30*-1. The van der Waals surface area contributed by atoms with Crippen LogP contribution in [0, 0.1) is 0 Å². The molecule has 0 aromatic rings. The molecule has 75 heavy (non-hydrogen) atoms. The Morgan fingerprint density at radius 3 is 0.347 bits per heavy atom. The monoisotopic (exact) mass is 1240 g/mol. The number of carboxylic acids is 3. The van der Waals surface area contributed by atoms with Crippen molar-refractivity contribution < 1.29 is 72.5 Å². The van der Waals surface area contributed by atoms with E-state index in [2.05, 4.69) is 20.8 Å². The molecule has 0 aliphatic heterocycles. The zero-order valence-corrected chi connectivity index (χ0v) is 72.8. The van der Waals surface area contributed by atoms with Gasteiger partial charge >= 0.3 is 364 Å². The van der Waals surface area contributed by atoms with Crippen LogP contribution >= 0.6 is 0 Å². The molecule has 21 heteroatoms. The molecular weight excluding hydrogens is 1110 g/mol. The van der Waals surface area contributed by atoms with Crippen LogP contribution in [0.15, 0.2) is 0 Å². The molecule has 0 aliphatic rings. The van der Waals surface area contributed by atoms with Crippen molar-refractivity contribution >= 4 is 364 Å². The topological polar surface area (TPSA) is 112 Å². The van der Waals surface area contributed by atoms with Gasteiger partial charge in [-0.3, -0.25) is 14.4 Å². The molecule has 0 rings (SSSR count). The smallest absolute Gasteiger partial charge is 1.00 e. The van der Waals surface area contributed by atoms with Gasteiger partial charge in [-0.15, -0.1) is 0 Å². The summed E-state index contributed by atoms with van der Waals surface area (Å²) >= 11 is 0. The first kappa shape index (κ1) is 134. The Labute approximate surface area is 754 Å². The van der Waals surface area contributed by atoms with Gasteiger partial charge in [-0.2, -0.15) is 0 Å². The average molecular weight is 1250 g/mol. The van der Waals surface area contributed by atoms with E-state index in [1.165, 1.54) is 250 Å². The molecule has 0 heterocycles. The Kier molecular flexibility index (Phi) is 229. The first-order chi connectivity index (χ1) is 29.3. The van der Waals surface area contributed by atoms with E-state index in [9.17, 15) is 14.4 Å². The SMILES string of the molecule is CCCCCCCCCCCCCCCCCC(=O)O.CCCCCCCCCCCCCCCCCC(=O)O.CCCCCCCCCCCCCCCCCC(=O)O.[H-].[H-].[H-].[H-].[H-].[H-].[H-].[H-].[H-].[H-].[H-].[H-].[H-].[H-].[H-].[H-].[H-].[H-].[H-].[H-].[H-].[H-].[H-].[H-].[H-].[H-].[H-].[H-].[H-].[H-].[Mg+2].[Mg+2].[Mg+2].[Mg+2].[Mg+2].[Mg+2].[Mg+2].[Mg+2].[Mg+2].[Mg+2].[Mg+2].[Mg+2].[Mg+2].[Mg+2].[Mg+2]. The van der Waals surface area contributed by atoms with Crippen LogP contribution in [0.3, 0.4) is 0 Å². The van der Waals surface area contributed by atoms with Crippen molar-refractivity contribution in [3.63, 3.8) is 0 Å². The van der Waals surface area contributed by atoms with Crippen molar-refractivity contribution in [2.24, 2.45) is 0 Å². The van der Waals surface area contributed by atoms with Gasteiger partial charge in [0.15, 0.2) is 0 Å². The number of rotatable bonds is 48. The van der Waals surface area contributed by atoms with Gasteiger partial charge < -0.3 is 58.1 Å². The number of hydrogen-bond donors (Lipinski definition) is 3. The molecule has 0 unspecified atom stereocenters. The van der Waals surface area contributed by atoms with Crippen molar-refractivity contribution in [1.82, 2.24) is 0 Å². The summed E-state index contributed by atoms with van der Waals surface area (Å²) in [5.41, 5.74) is 0. The fraction of sp³-hybridized carbons (Fsp3) is 0.944. The van der Waals surface area contributed by atoms with E-state index in [0.717, 1.165) is 38.5 Å². The molecule has 0 aromatic carbocycles. The van der Waals surface area contributed by atoms with Gasteiger partial charge in [0.2, 0.25) is 0 Å². The van der Waals surface area contributed by atoms with E-state index >= 15 is 0 Å². The van der Waals surface area contributed by atoms with E-state index in [1.54, 1.807) is 0 Å². The van der Waals surface area contributed by atoms with Crippen LogP contribution in [0.4, 0.5) is 0 Å². The van der Waals surface area contributed by atoms with Crippen molar-refractivity contribution in [3.8, 4) is 0 Å². The second-order valence-corrected chi connectivity index (χ2v) is 18.3. The minimum Gasteiger partial charge on any atom is -1.00 e. The van der Waals surface area contributed by atoms with Crippen molar-refractivity contribution in [1.29, 1.82) is 0 Å². The third kappa shape index (κ3) is 152. The minimum atomic E-state index is -0.653. The average Bonchev–Trinajstić information content (AvgIpc) is 3.22. The fourth-order valence-corrected chi connectivity index (χ4v) is 7.94. The van der Waals surface area contributed by atoms with Crippen LogP contribution in [0.25, 0.3) is 0 Å². The van der Waals surface area contributed by atoms with Gasteiger partial charge in [0, 0.05) is 19.3 Å². The number of carboxylic acid groups (broad SMARTS) is 3. The largest absolute Gasteiger partial charge is 2.00 e. The van der Waals surface area contributed by atoms with E-state index in [0.29, 0.717) is 19.3 Å². The quantitative estimate of drug-likeness (QED) is 0.0413. The summed E-state index contributed by atoms with van der Waals surface area (Å²) in [5.74, 6) is -1.96. The Bertz CT molecular complexity index is 854. The molecule has 0 radical (unpaired) electrons. The molecular formula is C54H138Mg15O6. The van der Waals surface area contributed by atoms with E-state index in [4.69, 9.17) is 15.3 Å². The van der Waals surface area contributed by atoms with Crippen molar-refractivity contribution in [3.05, 3.63) is 0 Å². The third-order valence-electron chi connectivity index (χ3n) is 12.0. The van der Waals surface area contributed by atoms with Gasteiger partial charge in [-0.1, -0.05) is 290 Å². The van der Waals surface area contributed by atoms with E-state index in [-0.39, 0.29) is 389 Å². The number of carbonyl (C=O) groups is 3. The minimum absolute atomic E-state index is 0. The van der Waals surface area contributed by atoms with Crippen LogP contribution in [0.5, 0.6) is 0 Å². The molecule has 0 aliphatic carbocycles. The van der Waals surface area contributed by atoms with Gasteiger partial charge in [-0.05, 0) is 19.3 Å². The Morgan fingerprint density at radius 1 is 0.187 bits per heavy atom. The number of aliphatic carboxylic acids is 3. The molecule has 0 spiro atoms. The van der Waals surface area contributed by atoms with Gasteiger partial charge in [0.05, 0.1) is 0 Å². The normalized spacial score (nSPS) is 8.68. The maximum Gasteiger partial charge on any atom is 2.00 e. The summed E-state index contributed by atoms with van der Waals surface area (Å²) in [6, 6.07) is 0. The molecule has 0 aromatic heterocycles. The van der Waals surface area contributed by atoms with E-state index in [1.807, 2.05) is 0 Å². The zero-order valence-electron chi connectivity index (χ0n) is 81.6. The predicted molar refractivity (Wildman–Crippen MR) is 381 cm³/mol. The molecule has 0 saturated carbocycles. The summed E-state index contributed by atoms with van der Waals surface area (Å²) in [6.07, 6.45) is 60.6. The first-order valence-corrected chi connectivity index (χ1v) is 27.0. The molecule has 420 valence electrons. The molecule has 0 amide bonds. The summed E-state index contributed by atoms with van der Waals surface area (Å²) in [7, 11) is 0. The molecule has 0 fully saturated rings. The number of unbranched alkanes of at least 4 members (excludes halogenated alkanes) is 42. The summed E-state index contributed by atoms with van der Waals surface area (Å²) in [5, 5.41) is 25.6. The predicted octanol–water partition coefficient (Wildman–Crippen LogP) is 16.7. The second-order valence-electron chi connectivity index (χ2n) is 18.3. The Hall–Kier alpha value is 9.90. The van der Waals surface area contributed by atoms with Crippen molar-refractivity contribution in [2.75, 3.05) is 0 Å². The molecule has 6 nitrogen and oxygen atoms in total. The molecule has 0 atom stereocenters. The Morgan fingerprint density at radius 2 is 0.267 bits per heavy atom. The fourth-order valence-electron chi connectivity index (χ4n) is 7.94. The summed E-state index contributed by atoms with van der Waals surface area (Å²) < 4.78 is 0. The third-order valence-corrected chi connectivity index (χ3v) is 12.0.